The van der Waals surface area contributed by atoms with E-state index >= 15 is 0 Å². The summed E-state index contributed by atoms with van der Waals surface area (Å²) in [7, 11) is 2.07. The largest absolute Gasteiger partial charge is 0.381 e. The molecule has 1 N–H and O–H groups in total. The summed E-state index contributed by atoms with van der Waals surface area (Å²) in [6, 6.07) is 8.29. The molecule has 1 aliphatic heterocycles. The Balaban J connectivity index is 0.00000280. The van der Waals surface area contributed by atoms with Gasteiger partial charge in [-0.25, -0.2) is 9.07 Å². The number of rotatable bonds is 7. The third-order valence-electron chi connectivity index (χ3n) is 4.62. The lowest BCUT2D eigenvalue weighted by Crippen LogP contribution is -2.41. The molecule has 28 heavy (non-hydrogen) atoms. The first kappa shape index (κ1) is 22.6. The molecule has 1 aromatic heterocycles. The van der Waals surface area contributed by atoms with Crippen molar-refractivity contribution < 1.29 is 9.13 Å². The summed E-state index contributed by atoms with van der Waals surface area (Å²) in [5, 5.41) is 7.91. The van der Waals surface area contributed by atoms with Gasteiger partial charge in [0, 0.05) is 51.8 Å². The van der Waals surface area contributed by atoms with Crippen molar-refractivity contribution in [2.75, 3.05) is 39.9 Å². The van der Waals surface area contributed by atoms with Crippen LogP contribution in [0, 0.1) is 11.7 Å². The van der Waals surface area contributed by atoms with Crippen molar-refractivity contribution in [3.8, 4) is 5.69 Å². The SMILES string of the molecule is CCNC(=NCCc1ccn(-c2ccc(F)cc2)n1)N(C)CC1CCOC1.I. The van der Waals surface area contributed by atoms with Crippen molar-refractivity contribution in [1.82, 2.24) is 20.0 Å². The molecule has 1 saturated heterocycles. The van der Waals surface area contributed by atoms with E-state index in [4.69, 9.17) is 9.73 Å². The molecule has 2 aromatic rings. The quantitative estimate of drug-likeness (QED) is 0.360. The van der Waals surface area contributed by atoms with Gasteiger partial charge in [-0.3, -0.25) is 4.99 Å². The van der Waals surface area contributed by atoms with Gasteiger partial charge in [-0.1, -0.05) is 0 Å². The Hall–Kier alpha value is -1.68. The Morgan fingerprint density at radius 3 is 2.82 bits per heavy atom. The minimum absolute atomic E-state index is 0. The number of nitrogens with zero attached hydrogens (tertiary/aromatic N) is 4. The summed E-state index contributed by atoms with van der Waals surface area (Å²) in [4.78, 5) is 6.92. The molecule has 1 aliphatic rings. The van der Waals surface area contributed by atoms with Gasteiger partial charge in [-0.15, -0.1) is 24.0 Å². The monoisotopic (exact) mass is 501 g/mol. The van der Waals surface area contributed by atoms with Crippen LogP contribution in [0.3, 0.4) is 0 Å². The van der Waals surface area contributed by atoms with Gasteiger partial charge < -0.3 is 15.0 Å². The number of halogens is 2. The maximum Gasteiger partial charge on any atom is 0.193 e. The van der Waals surface area contributed by atoms with Crippen LogP contribution < -0.4 is 5.32 Å². The summed E-state index contributed by atoms with van der Waals surface area (Å²) in [6.07, 6.45) is 3.76. The lowest BCUT2D eigenvalue weighted by Gasteiger charge is -2.24. The number of benzene rings is 1. The topological polar surface area (TPSA) is 54.7 Å². The third-order valence-corrected chi connectivity index (χ3v) is 4.62. The van der Waals surface area contributed by atoms with Gasteiger partial charge in [0.1, 0.15) is 5.82 Å². The predicted octanol–water partition coefficient (Wildman–Crippen LogP) is 3.11. The van der Waals surface area contributed by atoms with Crippen LogP contribution in [0.15, 0.2) is 41.5 Å². The predicted molar refractivity (Wildman–Crippen MR) is 120 cm³/mol. The third kappa shape index (κ3) is 6.44. The second-order valence-electron chi connectivity index (χ2n) is 6.82. The average Bonchev–Trinajstić information content (AvgIpc) is 3.34. The zero-order valence-electron chi connectivity index (χ0n) is 16.5. The number of aliphatic imine (C=N–C) groups is 1. The zero-order valence-corrected chi connectivity index (χ0v) is 18.8. The molecule has 154 valence electrons. The van der Waals surface area contributed by atoms with E-state index in [1.54, 1.807) is 16.8 Å². The fraction of sp³-hybridized carbons (Fsp3) is 0.500. The van der Waals surface area contributed by atoms with Crippen LogP contribution in [0.5, 0.6) is 0 Å². The molecule has 0 amide bonds. The minimum Gasteiger partial charge on any atom is -0.381 e. The van der Waals surface area contributed by atoms with E-state index in [1.807, 2.05) is 12.3 Å². The molecule has 0 spiro atoms. The van der Waals surface area contributed by atoms with E-state index in [-0.39, 0.29) is 29.8 Å². The molecule has 3 rings (SSSR count). The van der Waals surface area contributed by atoms with E-state index in [9.17, 15) is 4.39 Å². The summed E-state index contributed by atoms with van der Waals surface area (Å²) >= 11 is 0. The molecule has 2 heterocycles. The van der Waals surface area contributed by atoms with Crippen LogP contribution in [-0.4, -0.2) is 60.5 Å². The van der Waals surface area contributed by atoms with Gasteiger partial charge in [0.15, 0.2) is 5.96 Å². The van der Waals surface area contributed by atoms with E-state index in [0.29, 0.717) is 12.5 Å². The van der Waals surface area contributed by atoms with Gasteiger partial charge in [-0.2, -0.15) is 5.10 Å². The number of aromatic nitrogens is 2. The second kappa shape index (κ2) is 11.4. The average molecular weight is 501 g/mol. The van der Waals surface area contributed by atoms with Crippen molar-refractivity contribution in [2.24, 2.45) is 10.9 Å². The van der Waals surface area contributed by atoms with E-state index < -0.39 is 0 Å². The van der Waals surface area contributed by atoms with Crippen LogP contribution in [0.1, 0.15) is 19.0 Å². The zero-order chi connectivity index (χ0) is 19.1. The van der Waals surface area contributed by atoms with Crippen molar-refractivity contribution in [3.05, 3.63) is 48.0 Å². The van der Waals surface area contributed by atoms with Crippen LogP contribution >= 0.6 is 24.0 Å². The summed E-state index contributed by atoms with van der Waals surface area (Å²) in [6.45, 7) is 6.22. The van der Waals surface area contributed by atoms with Crippen molar-refractivity contribution in [3.63, 3.8) is 0 Å². The van der Waals surface area contributed by atoms with Crippen molar-refractivity contribution >= 4 is 29.9 Å². The lowest BCUT2D eigenvalue weighted by atomic mass is 10.1. The Labute approximate surface area is 183 Å². The molecule has 0 radical (unpaired) electrons. The van der Waals surface area contributed by atoms with Crippen LogP contribution in [-0.2, 0) is 11.2 Å². The first-order valence-corrected chi connectivity index (χ1v) is 9.53. The highest BCUT2D eigenvalue weighted by Crippen LogP contribution is 2.13. The molecule has 8 heteroatoms. The Morgan fingerprint density at radius 2 is 2.14 bits per heavy atom. The van der Waals surface area contributed by atoms with Crippen molar-refractivity contribution in [2.45, 2.75) is 19.8 Å². The Kier molecular flexibility index (Phi) is 9.17. The molecule has 1 fully saturated rings. The highest BCUT2D eigenvalue weighted by molar-refractivity contribution is 14.0. The van der Waals surface area contributed by atoms with Crippen LogP contribution in [0.25, 0.3) is 5.69 Å². The molecule has 1 atom stereocenters. The number of hydrogen-bond acceptors (Lipinski definition) is 3. The molecular weight excluding hydrogens is 472 g/mol. The summed E-state index contributed by atoms with van der Waals surface area (Å²) < 4.78 is 20.3. The summed E-state index contributed by atoms with van der Waals surface area (Å²) in [5.41, 5.74) is 1.81. The number of hydrogen-bond donors (Lipinski definition) is 1. The molecular formula is C20H29FIN5O. The number of guanidine groups is 1. The first-order chi connectivity index (χ1) is 13.2. The highest BCUT2D eigenvalue weighted by atomic mass is 127. The molecule has 0 saturated carbocycles. The number of ether oxygens (including phenoxy) is 1. The first-order valence-electron chi connectivity index (χ1n) is 9.53. The Morgan fingerprint density at radius 1 is 1.36 bits per heavy atom. The highest BCUT2D eigenvalue weighted by Gasteiger charge is 2.19. The van der Waals surface area contributed by atoms with E-state index in [2.05, 4.69) is 29.3 Å². The van der Waals surface area contributed by atoms with Gasteiger partial charge in [0.05, 0.1) is 18.0 Å². The molecule has 1 aromatic carbocycles. The molecule has 1 unspecified atom stereocenters. The Bertz CT molecular complexity index is 743. The normalized spacial score (nSPS) is 16.7. The molecule has 6 nitrogen and oxygen atoms in total. The van der Waals surface area contributed by atoms with Gasteiger partial charge in [-0.05, 0) is 43.7 Å². The second-order valence-corrected chi connectivity index (χ2v) is 6.82. The van der Waals surface area contributed by atoms with Crippen LogP contribution in [0.4, 0.5) is 4.39 Å². The fourth-order valence-electron chi connectivity index (χ4n) is 3.18. The van der Waals surface area contributed by atoms with E-state index in [0.717, 1.165) is 56.5 Å². The van der Waals surface area contributed by atoms with Gasteiger partial charge >= 0.3 is 0 Å². The molecule has 0 bridgehead atoms. The summed E-state index contributed by atoms with van der Waals surface area (Å²) in [5.74, 6) is 1.25. The minimum atomic E-state index is -0.246. The smallest absolute Gasteiger partial charge is 0.193 e. The van der Waals surface area contributed by atoms with E-state index in [1.165, 1.54) is 12.1 Å². The number of nitrogens with one attached hydrogen (secondary N) is 1. The molecule has 0 aliphatic carbocycles. The fourth-order valence-corrected chi connectivity index (χ4v) is 3.18. The van der Waals surface area contributed by atoms with Gasteiger partial charge in [0.2, 0.25) is 0 Å². The standard InChI is InChI=1S/C20H28FN5O.HI/c1-3-22-20(25(2)14-16-10-13-27-15-16)23-11-8-18-9-12-26(24-18)19-6-4-17(21)5-7-19;/h4-7,9,12,16H,3,8,10-11,13-15H2,1-2H3,(H,22,23);1H. The van der Waals surface area contributed by atoms with Crippen molar-refractivity contribution in [1.29, 1.82) is 0 Å². The van der Waals surface area contributed by atoms with Crippen LogP contribution in [0.2, 0.25) is 0 Å². The lowest BCUT2D eigenvalue weighted by molar-refractivity contribution is 0.181. The maximum atomic E-state index is 13.0. The maximum absolute atomic E-state index is 13.0. The van der Waals surface area contributed by atoms with Gasteiger partial charge in [0.25, 0.3) is 0 Å².